The van der Waals surface area contributed by atoms with E-state index in [1.165, 1.54) is 0 Å². The van der Waals surface area contributed by atoms with Crippen LogP contribution in [0, 0.1) is 0 Å². The van der Waals surface area contributed by atoms with Crippen molar-refractivity contribution >= 4 is 5.78 Å². The van der Waals surface area contributed by atoms with Gasteiger partial charge in [0.05, 0.1) is 0 Å². The lowest BCUT2D eigenvalue weighted by Crippen LogP contribution is -2.35. The highest BCUT2D eigenvalue weighted by Crippen LogP contribution is 1.85. The minimum atomic E-state index is -1.06. The van der Waals surface area contributed by atoms with Gasteiger partial charge in [0.15, 0.2) is 5.78 Å². The molecule has 0 rings (SSSR count). The molecule has 0 saturated heterocycles. The summed E-state index contributed by atoms with van der Waals surface area (Å²) >= 11 is 0. The summed E-state index contributed by atoms with van der Waals surface area (Å²) in [6.45, 7) is 2.51. The molecule has 0 bridgehead atoms. The van der Waals surface area contributed by atoms with Crippen LogP contribution in [0.25, 0.3) is 0 Å². The fourth-order valence-electron chi connectivity index (χ4n) is 0.760. The maximum absolute atomic E-state index is 10.6. The SMILES string of the molecule is CCCCNC[C@H](O)C(=O)CO. The van der Waals surface area contributed by atoms with E-state index in [1.54, 1.807) is 0 Å². The molecule has 0 spiro atoms. The fraction of sp³-hybridized carbons (Fsp3) is 0.875. The first-order chi connectivity index (χ1) is 5.72. The lowest BCUT2D eigenvalue weighted by atomic mass is 10.2. The van der Waals surface area contributed by atoms with Crippen LogP contribution in [-0.4, -0.2) is 41.8 Å². The summed E-state index contributed by atoms with van der Waals surface area (Å²) < 4.78 is 0. The van der Waals surface area contributed by atoms with Gasteiger partial charge in [0.1, 0.15) is 12.7 Å². The molecule has 72 valence electrons. The topological polar surface area (TPSA) is 69.6 Å². The van der Waals surface area contributed by atoms with Gasteiger partial charge in [-0.3, -0.25) is 4.79 Å². The Balaban J connectivity index is 3.31. The number of unbranched alkanes of at least 4 members (excludes halogenated alkanes) is 1. The zero-order valence-corrected chi connectivity index (χ0v) is 7.42. The van der Waals surface area contributed by atoms with E-state index in [-0.39, 0.29) is 6.54 Å². The number of rotatable bonds is 7. The third-order valence-electron chi connectivity index (χ3n) is 1.57. The lowest BCUT2D eigenvalue weighted by Gasteiger charge is -2.08. The first kappa shape index (κ1) is 11.6. The Labute approximate surface area is 72.6 Å². The number of aliphatic hydroxyl groups is 2. The van der Waals surface area contributed by atoms with E-state index in [4.69, 9.17) is 10.2 Å². The van der Waals surface area contributed by atoms with Crippen molar-refractivity contribution in [2.24, 2.45) is 0 Å². The second-order valence-electron chi connectivity index (χ2n) is 2.70. The first-order valence-electron chi connectivity index (χ1n) is 4.24. The molecule has 0 aromatic rings. The Morgan fingerprint density at radius 1 is 1.58 bits per heavy atom. The second kappa shape index (κ2) is 7.21. The quantitative estimate of drug-likeness (QED) is 0.447. The summed E-state index contributed by atoms with van der Waals surface area (Å²) in [7, 11) is 0. The highest BCUT2D eigenvalue weighted by Gasteiger charge is 2.11. The highest BCUT2D eigenvalue weighted by molar-refractivity contribution is 5.83. The van der Waals surface area contributed by atoms with Crippen LogP contribution >= 0.6 is 0 Å². The van der Waals surface area contributed by atoms with E-state index in [0.29, 0.717) is 0 Å². The Hall–Kier alpha value is -0.450. The van der Waals surface area contributed by atoms with E-state index in [2.05, 4.69) is 12.2 Å². The summed E-state index contributed by atoms with van der Waals surface area (Å²) in [5.41, 5.74) is 0. The number of hydrogen-bond acceptors (Lipinski definition) is 4. The number of Topliss-reactive ketones (excluding diaryl/α,β-unsaturated/α-hetero) is 1. The Morgan fingerprint density at radius 2 is 2.25 bits per heavy atom. The molecule has 0 saturated carbocycles. The molecule has 0 fully saturated rings. The summed E-state index contributed by atoms with van der Waals surface area (Å²) in [5.74, 6) is -0.529. The molecule has 3 N–H and O–H groups in total. The van der Waals surface area contributed by atoms with Crippen molar-refractivity contribution in [1.29, 1.82) is 0 Å². The van der Waals surface area contributed by atoms with Crippen molar-refractivity contribution in [3.8, 4) is 0 Å². The summed E-state index contributed by atoms with van der Waals surface area (Å²) in [4.78, 5) is 10.6. The highest BCUT2D eigenvalue weighted by atomic mass is 16.3. The molecule has 12 heavy (non-hydrogen) atoms. The molecule has 0 aliphatic heterocycles. The Morgan fingerprint density at radius 3 is 2.75 bits per heavy atom. The van der Waals surface area contributed by atoms with Gasteiger partial charge in [0.2, 0.25) is 0 Å². The largest absolute Gasteiger partial charge is 0.388 e. The van der Waals surface area contributed by atoms with E-state index in [0.717, 1.165) is 19.4 Å². The second-order valence-corrected chi connectivity index (χ2v) is 2.70. The summed E-state index contributed by atoms with van der Waals surface area (Å²) in [6, 6.07) is 0. The predicted octanol–water partition coefficient (Wildman–Crippen LogP) is -0.702. The molecule has 1 atom stereocenters. The molecule has 4 nitrogen and oxygen atoms in total. The Kier molecular flexibility index (Phi) is 6.94. The van der Waals surface area contributed by atoms with E-state index in [9.17, 15) is 4.79 Å². The van der Waals surface area contributed by atoms with Gasteiger partial charge in [-0.1, -0.05) is 13.3 Å². The van der Waals surface area contributed by atoms with Crippen LogP contribution in [0.2, 0.25) is 0 Å². The zero-order valence-electron chi connectivity index (χ0n) is 7.42. The van der Waals surface area contributed by atoms with Gasteiger partial charge in [-0.15, -0.1) is 0 Å². The third-order valence-corrected chi connectivity index (χ3v) is 1.57. The molecular weight excluding hydrogens is 158 g/mol. The van der Waals surface area contributed by atoms with E-state index < -0.39 is 18.5 Å². The van der Waals surface area contributed by atoms with Crippen molar-refractivity contribution in [3.63, 3.8) is 0 Å². The minimum Gasteiger partial charge on any atom is -0.388 e. The molecule has 0 unspecified atom stereocenters. The van der Waals surface area contributed by atoms with Crippen molar-refractivity contribution in [2.45, 2.75) is 25.9 Å². The molecule has 0 aliphatic rings. The molecule has 0 radical (unpaired) electrons. The average molecular weight is 175 g/mol. The van der Waals surface area contributed by atoms with Crippen LogP contribution in [0.4, 0.5) is 0 Å². The van der Waals surface area contributed by atoms with E-state index >= 15 is 0 Å². The number of carbonyl (C=O) groups is 1. The third kappa shape index (κ3) is 5.23. The van der Waals surface area contributed by atoms with Gasteiger partial charge in [0.25, 0.3) is 0 Å². The van der Waals surface area contributed by atoms with Gasteiger partial charge in [-0.05, 0) is 13.0 Å². The van der Waals surface area contributed by atoms with Crippen molar-refractivity contribution < 1.29 is 15.0 Å². The zero-order chi connectivity index (χ0) is 9.40. The van der Waals surface area contributed by atoms with Crippen LogP contribution in [0.1, 0.15) is 19.8 Å². The van der Waals surface area contributed by atoms with Crippen molar-refractivity contribution in [3.05, 3.63) is 0 Å². The van der Waals surface area contributed by atoms with Crippen LogP contribution < -0.4 is 5.32 Å². The first-order valence-corrected chi connectivity index (χ1v) is 4.24. The van der Waals surface area contributed by atoms with Gasteiger partial charge in [-0.2, -0.15) is 0 Å². The van der Waals surface area contributed by atoms with Gasteiger partial charge in [0, 0.05) is 6.54 Å². The normalized spacial score (nSPS) is 12.9. The van der Waals surface area contributed by atoms with E-state index in [1.807, 2.05) is 0 Å². The monoisotopic (exact) mass is 175 g/mol. The van der Waals surface area contributed by atoms with Gasteiger partial charge in [-0.25, -0.2) is 0 Å². The predicted molar refractivity (Wildman–Crippen MR) is 45.9 cm³/mol. The molecule has 0 aliphatic carbocycles. The van der Waals surface area contributed by atoms with Crippen molar-refractivity contribution in [2.75, 3.05) is 19.7 Å². The van der Waals surface area contributed by atoms with Crippen molar-refractivity contribution in [1.82, 2.24) is 5.32 Å². The summed E-state index contributed by atoms with van der Waals surface area (Å²) in [5, 5.41) is 20.3. The lowest BCUT2D eigenvalue weighted by molar-refractivity contribution is -0.129. The number of nitrogens with one attached hydrogen (secondary N) is 1. The van der Waals surface area contributed by atoms with Crippen LogP contribution in [0.3, 0.4) is 0 Å². The fourth-order valence-corrected chi connectivity index (χ4v) is 0.760. The van der Waals surface area contributed by atoms with Crippen LogP contribution in [0.15, 0.2) is 0 Å². The number of hydrogen-bond donors (Lipinski definition) is 3. The maximum Gasteiger partial charge on any atom is 0.187 e. The Bertz CT molecular complexity index is 127. The smallest absolute Gasteiger partial charge is 0.187 e. The summed E-state index contributed by atoms with van der Waals surface area (Å²) in [6.07, 6.45) is 1.05. The minimum absolute atomic E-state index is 0.236. The number of ketones is 1. The van der Waals surface area contributed by atoms with Crippen LogP contribution in [-0.2, 0) is 4.79 Å². The molecule has 0 aromatic heterocycles. The molecule has 0 amide bonds. The number of carbonyl (C=O) groups excluding carboxylic acids is 1. The maximum atomic E-state index is 10.6. The van der Waals surface area contributed by atoms with Gasteiger partial charge < -0.3 is 15.5 Å². The molecule has 0 heterocycles. The standard InChI is InChI=1S/C8H17NO3/c1-2-3-4-9-5-7(11)8(12)6-10/h7,9-11H,2-6H2,1H3/t7-/m0/s1. The van der Waals surface area contributed by atoms with Crippen LogP contribution in [0.5, 0.6) is 0 Å². The number of aliphatic hydroxyl groups excluding tert-OH is 2. The van der Waals surface area contributed by atoms with Gasteiger partial charge >= 0.3 is 0 Å². The average Bonchev–Trinajstić information content (AvgIpc) is 2.10. The molecule has 4 heteroatoms. The molecular formula is C8H17NO3. The molecule has 0 aromatic carbocycles.